The molecule has 9 N–H and O–H groups in total. The molecule has 0 spiro atoms. The molecule has 398 valence electrons. The Hall–Kier alpha value is -0.690. The van der Waals surface area contributed by atoms with Gasteiger partial charge >= 0.3 is 10.4 Å². The van der Waals surface area contributed by atoms with E-state index in [1.165, 1.54) is 122 Å². The van der Waals surface area contributed by atoms with Gasteiger partial charge in [0.15, 0.2) is 18.9 Å². The molecule has 0 aliphatic carbocycles. The highest BCUT2D eigenvalue weighted by Crippen LogP contribution is 2.35. The van der Waals surface area contributed by atoms with Gasteiger partial charge in [0.2, 0.25) is 0 Å². The lowest BCUT2D eigenvalue weighted by atomic mass is 9.94. The molecule has 0 aromatic carbocycles. The average molecular weight is 989 g/mol. The predicted molar refractivity (Wildman–Crippen MR) is 249 cm³/mol. The number of unbranched alkanes of at least 4 members (excludes halogenated alkanes) is 22. The molecule has 0 radical (unpaired) electrons. The van der Waals surface area contributed by atoms with Gasteiger partial charge < -0.3 is 69.3 Å². The third kappa shape index (κ3) is 21.9. The van der Waals surface area contributed by atoms with E-state index in [9.17, 15) is 53.8 Å². The molecule has 3 aliphatic rings. The second-order valence-electron chi connectivity index (χ2n) is 19.3. The van der Waals surface area contributed by atoms with E-state index in [2.05, 4.69) is 18.0 Å². The lowest BCUT2D eigenvalue weighted by Crippen LogP contribution is -2.67. The van der Waals surface area contributed by atoms with Crippen molar-refractivity contribution in [3.8, 4) is 0 Å². The molecule has 3 heterocycles. The van der Waals surface area contributed by atoms with Crippen LogP contribution in [-0.2, 0) is 43.0 Å². The molecule has 0 amide bonds. The fraction of sp³-hybridized carbons (Fsp3) is 1.00. The van der Waals surface area contributed by atoms with Crippen LogP contribution in [0.15, 0.2) is 0 Å². The number of aliphatic hydroxyl groups is 8. The summed E-state index contributed by atoms with van der Waals surface area (Å²) < 4.78 is 72.9. The minimum absolute atomic E-state index is 0.122. The molecular weight excluding hydrogens is 897 g/mol. The first-order chi connectivity index (χ1) is 32.2. The zero-order chi connectivity index (χ0) is 49.2. The van der Waals surface area contributed by atoms with Gasteiger partial charge in [0.05, 0.1) is 25.9 Å². The average Bonchev–Trinajstić information content (AvgIpc) is 3.30. The van der Waals surface area contributed by atoms with Crippen molar-refractivity contribution >= 4 is 10.4 Å². The fourth-order valence-electron chi connectivity index (χ4n) is 9.44. The van der Waals surface area contributed by atoms with Crippen molar-refractivity contribution in [1.29, 1.82) is 0 Å². The van der Waals surface area contributed by atoms with Crippen molar-refractivity contribution < 1.29 is 86.4 Å². The lowest BCUT2D eigenvalue weighted by molar-refractivity contribution is -0.385. The second-order valence-corrected chi connectivity index (χ2v) is 20.4. The third-order valence-electron chi connectivity index (χ3n) is 13.7. The van der Waals surface area contributed by atoms with Gasteiger partial charge in [-0.15, -0.1) is 0 Å². The minimum Gasteiger partial charge on any atom is -0.394 e. The predicted octanol–water partition coefficient (Wildman–Crippen LogP) is 5.10. The number of hydrogen-bond donors (Lipinski definition) is 9. The maximum Gasteiger partial charge on any atom is 0.397 e. The summed E-state index contributed by atoms with van der Waals surface area (Å²) >= 11 is 0. The largest absolute Gasteiger partial charge is 0.397 e. The molecule has 3 saturated heterocycles. The summed E-state index contributed by atoms with van der Waals surface area (Å²) in [5, 5.41) is 86.0. The smallest absolute Gasteiger partial charge is 0.394 e. The monoisotopic (exact) mass is 989 g/mol. The Bertz CT molecular complexity index is 1320. The minimum atomic E-state index is -5.26. The fourth-order valence-corrected chi connectivity index (χ4v) is 9.95. The molecule has 3 aliphatic heterocycles. The highest BCUT2D eigenvalue weighted by atomic mass is 32.3. The van der Waals surface area contributed by atoms with Crippen LogP contribution in [0.4, 0.5) is 0 Å². The number of aliphatic hydroxyl groups excluding tert-OH is 8. The maximum atomic E-state index is 11.9. The molecule has 18 nitrogen and oxygen atoms in total. The molecule has 3 rings (SSSR count). The van der Waals surface area contributed by atoms with Crippen LogP contribution in [0.3, 0.4) is 0 Å². The van der Waals surface area contributed by atoms with Crippen LogP contribution < -0.4 is 0 Å². The summed E-state index contributed by atoms with van der Waals surface area (Å²) in [6.07, 6.45) is 6.02. The Morgan fingerprint density at radius 3 is 1.31 bits per heavy atom. The van der Waals surface area contributed by atoms with Crippen molar-refractivity contribution in [2.45, 2.75) is 280 Å². The van der Waals surface area contributed by atoms with E-state index in [1.807, 2.05) is 0 Å². The van der Waals surface area contributed by atoms with E-state index in [-0.39, 0.29) is 12.5 Å². The van der Waals surface area contributed by atoms with Gasteiger partial charge in [0.25, 0.3) is 0 Å². The van der Waals surface area contributed by atoms with Crippen molar-refractivity contribution in [2.24, 2.45) is 5.92 Å². The SMILES string of the molecule is CCCCCCCCCCCCCCC(CCCCCCCCCCCCCC)COC1OC(CO)C(OC2OC(CO)C(O)C(OS(=O)(=O)O)C2O)C(OC2OC(C)C(O)C(O)C2O)C1O. The van der Waals surface area contributed by atoms with Gasteiger partial charge in [-0.05, 0) is 25.7 Å². The van der Waals surface area contributed by atoms with E-state index < -0.39 is 116 Å². The Labute approximate surface area is 401 Å². The Balaban J connectivity index is 1.71. The summed E-state index contributed by atoms with van der Waals surface area (Å²) in [5.41, 5.74) is 0. The van der Waals surface area contributed by atoms with Gasteiger partial charge in [-0.1, -0.05) is 168 Å². The summed E-state index contributed by atoms with van der Waals surface area (Å²) in [6.45, 7) is 4.40. The molecule has 15 atom stereocenters. The molecule has 0 bridgehead atoms. The second kappa shape index (κ2) is 33.9. The topological polar surface area (TPSA) is 281 Å². The van der Waals surface area contributed by atoms with Crippen molar-refractivity contribution in [1.82, 2.24) is 0 Å². The van der Waals surface area contributed by atoms with Crippen LogP contribution >= 0.6 is 0 Å². The molecule has 15 unspecified atom stereocenters. The lowest BCUT2D eigenvalue weighted by Gasteiger charge is -2.49. The third-order valence-corrected chi connectivity index (χ3v) is 14.1. The van der Waals surface area contributed by atoms with E-state index in [1.54, 1.807) is 0 Å². The Morgan fingerprint density at radius 2 is 0.866 bits per heavy atom. The van der Waals surface area contributed by atoms with Crippen LogP contribution in [0.25, 0.3) is 0 Å². The number of hydrogen-bond acceptors (Lipinski definition) is 17. The standard InChI is InChI=1S/C48H92O18S/c1-4-6-8-10-12-14-16-18-20-22-24-26-28-34(29-27-25-23-21-19-17-15-13-11-9-7-5-2)32-60-46-42(56)45(65-47-40(54)39(53)37(51)33(3)61-47)43(36(31-50)63-46)64-48-41(55)44(66-67(57,58)59)38(52)35(30-49)62-48/h33-56H,4-32H2,1-3H3,(H,57,58,59). The first-order valence-electron chi connectivity index (χ1n) is 26.0. The Morgan fingerprint density at radius 1 is 0.463 bits per heavy atom. The van der Waals surface area contributed by atoms with E-state index in [0.717, 1.165) is 51.4 Å². The van der Waals surface area contributed by atoms with E-state index in [4.69, 9.17) is 28.4 Å². The highest BCUT2D eigenvalue weighted by molar-refractivity contribution is 7.80. The van der Waals surface area contributed by atoms with E-state index >= 15 is 0 Å². The molecule has 3 fully saturated rings. The summed E-state index contributed by atoms with van der Waals surface area (Å²) in [4.78, 5) is 0. The van der Waals surface area contributed by atoms with Gasteiger partial charge in [-0.25, -0.2) is 4.18 Å². The van der Waals surface area contributed by atoms with Gasteiger partial charge in [-0.3, -0.25) is 4.55 Å². The molecule has 0 saturated carbocycles. The zero-order valence-corrected chi connectivity index (χ0v) is 41.7. The molecule has 0 aromatic rings. The summed E-state index contributed by atoms with van der Waals surface area (Å²) in [7, 11) is -5.26. The number of rotatable bonds is 37. The first kappa shape index (κ1) is 60.6. The molecule has 19 heteroatoms. The van der Waals surface area contributed by atoms with Crippen LogP contribution in [0.5, 0.6) is 0 Å². The van der Waals surface area contributed by atoms with E-state index in [0.29, 0.717) is 0 Å². The summed E-state index contributed by atoms with van der Waals surface area (Å²) in [5.74, 6) is 0.122. The first-order valence-corrected chi connectivity index (χ1v) is 27.4. The van der Waals surface area contributed by atoms with Gasteiger partial charge in [0.1, 0.15) is 67.1 Å². The van der Waals surface area contributed by atoms with Crippen molar-refractivity contribution in [2.75, 3.05) is 19.8 Å². The Kier molecular flexibility index (Phi) is 30.6. The quantitative estimate of drug-likeness (QED) is 0.0289. The van der Waals surface area contributed by atoms with Gasteiger partial charge in [0, 0.05) is 0 Å². The summed E-state index contributed by atoms with van der Waals surface area (Å²) in [6, 6.07) is 0. The molecular formula is C48H92O18S. The molecule has 0 aromatic heterocycles. The number of ether oxygens (including phenoxy) is 6. The zero-order valence-electron chi connectivity index (χ0n) is 40.9. The van der Waals surface area contributed by atoms with Crippen LogP contribution in [0.1, 0.15) is 188 Å². The molecule has 67 heavy (non-hydrogen) atoms. The van der Waals surface area contributed by atoms with Crippen LogP contribution in [0, 0.1) is 5.92 Å². The van der Waals surface area contributed by atoms with Crippen molar-refractivity contribution in [3.63, 3.8) is 0 Å². The maximum absolute atomic E-state index is 11.9. The normalized spacial score (nSPS) is 32.9. The van der Waals surface area contributed by atoms with Crippen LogP contribution in [-0.4, -0.2) is 166 Å². The van der Waals surface area contributed by atoms with Gasteiger partial charge in [-0.2, -0.15) is 8.42 Å². The van der Waals surface area contributed by atoms with Crippen molar-refractivity contribution in [3.05, 3.63) is 0 Å². The highest BCUT2D eigenvalue weighted by Gasteiger charge is 2.55. The van der Waals surface area contributed by atoms with Crippen LogP contribution in [0.2, 0.25) is 0 Å².